The highest BCUT2D eigenvalue weighted by molar-refractivity contribution is 5.93. The minimum atomic E-state index is -0.496. The van der Waals surface area contributed by atoms with Crippen LogP contribution in [0.2, 0.25) is 0 Å². The number of nitrogens with zero attached hydrogens (tertiary/aromatic N) is 4. The second-order valence-corrected chi connectivity index (χ2v) is 5.78. The zero-order valence-electron chi connectivity index (χ0n) is 13.5. The number of carbonyl (C=O) groups is 1. The number of amides is 1. The van der Waals surface area contributed by atoms with Crippen molar-refractivity contribution in [2.24, 2.45) is 5.73 Å². The maximum Gasteiger partial charge on any atom is 0.248 e. The molecule has 0 aromatic carbocycles. The van der Waals surface area contributed by atoms with Gasteiger partial charge >= 0.3 is 0 Å². The predicted molar refractivity (Wildman–Crippen MR) is 89.6 cm³/mol. The molecule has 0 bridgehead atoms. The quantitative estimate of drug-likeness (QED) is 0.775. The number of hydrogen-bond acceptors (Lipinski definition) is 6. The van der Waals surface area contributed by atoms with Crippen LogP contribution in [-0.2, 0) is 0 Å². The van der Waals surface area contributed by atoms with E-state index in [1.807, 2.05) is 0 Å². The lowest BCUT2D eigenvalue weighted by atomic mass is 10.2. The fourth-order valence-electron chi connectivity index (χ4n) is 2.72. The Balaban J connectivity index is 1.53. The molecule has 2 aromatic heterocycles. The summed E-state index contributed by atoms with van der Waals surface area (Å²) in [6, 6.07) is 3.17. The first-order valence-corrected chi connectivity index (χ1v) is 8.16. The minimum Gasteiger partial charge on any atom is -0.477 e. The number of likely N-dealkylation sites (tertiary alicyclic amines) is 1. The summed E-state index contributed by atoms with van der Waals surface area (Å²) in [5.41, 5.74) is 6.79. The normalized spacial score (nSPS) is 14.7. The monoisotopic (exact) mass is 327 g/mol. The highest BCUT2D eigenvalue weighted by Crippen LogP contribution is 2.16. The van der Waals surface area contributed by atoms with Crippen LogP contribution in [-0.4, -0.2) is 52.0 Å². The van der Waals surface area contributed by atoms with E-state index in [9.17, 15) is 4.79 Å². The van der Waals surface area contributed by atoms with Gasteiger partial charge in [0.1, 0.15) is 5.69 Å². The molecule has 0 radical (unpaired) electrons. The standard InChI is InChI=1S/C17H21N5O2/c18-17(23)13-4-5-19-14(10-13)15-11-21-16(12-20-15)24-9-3-8-22-6-1-2-7-22/h4-5,10-12H,1-3,6-9H2,(H2,18,23). The number of primary amides is 1. The molecule has 0 unspecified atom stereocenters. The van der Waals surface area contributed by atoms with Crippen molar-refractivity contribution in [2.75, 3.05) is 26.2 Å². The summed E-state index contributed by atoms with van der Waals surface area (Å²) < 4.78 is 5.62. The van der Waals surface area contributed by atoms with Crippen molar-refractivity contribution in [3.05, 3.63) is 36.3 Å². The number of nitrogens with two attached hydrogens (primary N) is 1. The van der Waals surface area contributed by atoms with E-state index in [-0.39, 0.29) is 0 Å². The van der Waals surface area contributed by atoms with Crippen LogP contribution >= 0.6 is 0 Å². The van der Waals surface area contributed by atoms with E-state index in [2.05, 4.69) is 19.9 Å². The molecular formula is C17H21N5O2. The van der Waals surface area contributed by atoms with E-state index >= 15 is 0 Å². The van der Waals surface area contributed by atoms with Gasteiger partial charge in [-0.05, 0) is 44.5 Å². The van der Waals surface area contributed by atoms with Crippen molar-refractivity contribution < 1.29 is 9.53 Å². The molecule has 0 saturated carbocycles. The van der Waals surface area contributed by atoms with Gasteiger partial charge in [-0.25, -0.2) is 9.97 Å². The Bertz CT molecular complexity index is 684. The van der Waals surface area contributed by atoms with Crippen molar-refractivity contribution in [1.82, 2.24) is 19.9 Å². The Labute approximate surface area is 140 Å². The van der Waals surface area contributed by atoms with Gasteiger partial charge in [0, 0.05) is 18.3 Å². The third kappa shape index (κ3) is 4.26. The van der Waals surface area contributed by atoms with E-state index < -0.39 is 5.91 Å². The van der Waals surface area contributed by atoms with Gasteiger partial charge in [-0.1, -0.05) is 0 Å². The molecule has 3 rings (SSSR count). The minimum absolute atomic E-state index is 0.393. The fraction of sp³-hybridized carbons (Fsp3) is 0.412. The number of carbonyl (C=O) groups excluding carboxylic acids is 1. The van der Waals surface area contributed by atoms with E-state index in [1.165, 1.54) is 32.1 Å². The zero-order valence-corrected chi connectivity index (χ0v) is 13.5. The van der Waals surface area contributed by atoms with Crippen molar-refractivity contribution in [2.45, 2.75) is 19.3 Å². The van der Waals surface area contributed by atoms with E-state index in [4.69, 9.17) is 10.5 Å². The third-order valence-corrected chi connectivity index (χ3v) is 4.00. The summed E-state index contributed by atoms with van der Waals surface area (Å²) in [4.78, 5) is 26.4. The SMILES string of the molecule is NC(=O)c1ccnc(-c2cnc(OCCCN3CCCC3)cn2)c1. The van der Waals surface area contributed by atoms with Gasteiger partial charge in [0.2, 0.25) is 11.8 Å². The molecule has 1 amide bonds. The summed E-state index contributed by atoms with van der Waals surface area (Å²) in [5, 5.41) is 0. The Morgan fingerprint density at radius 2 is 2.00 bits per heavy atom. The molecule has 24 heavy (non-hydrogen) atoms. The Hall–Kier alpha value is -2.54. The lowest BCUT2D eigenvalue weighted by molar-refractivity contribution is 0.1000. The number of hydrogen-bond donors (Lipinski definition) is 1. The topological polar surface area (TPSA) is 94.2 Å². The molecule has 1 aliphatic heterocycles. The highest BCUT2D eigenvalue weighted by Gasteiger charge is 2.10. The van der Waals surface area contributed by atoms with Crippen LogP contribution < -0.4 is 10.5 Å². The molecule has 1 fully saturated rings. The lowest BCUT2D eigenvalue weighted by Crippen LogP contribution is -2.22. The van der Waals surface area contributed by atoms with Crippen molar-refractivity contribution in [1.29, 1.82) is 0 Å². The summed E-state index contributed by atoms with van der Waals surface area (Å²) in [7, 11) is 0. The molecule has 1 saturated heterocycles. The molecule has 1 aliphatic rings. The Morgan fingerprint density at radius 3 is 2.71 bits per heavy atom. The number of rotatable bonds is 7. The molecule has 3 heterocycles. The van der Waals surface area contributed by atoms with E-state index in [0.717, 1.165) is 13.0 Å². The first-order chi connectivity index (χ1) is 11.7. The van der Waals surface area contributed by atoms with E-state index in [0.29, 0.717) is 29.4 Å². The largest absolute Gasteiger partial charge is 0.477 e. The molecule has 126 valence electrons. The summed E-state index contributed by atoms with van der Waals surface area (Å²) in [6.07, 6.45) is 8.27. The molecule has 7 heteroatoms. The molecule has 2 N–H and O–H groups in total. The summed E-state index contributed by atoms with van der Waals surface area (Å²) >= 11 is 0. The van der Waals surface area contributed by atoms with Crippen LogP contribution in [0.4, 0.5) is 0 Å². The molecule has 7 nitrogen and oxygen atoms in total. The van der Waals surface area contributed by atoms with Gasteiger partial charge < -0.3 is 15.4 Å². The Morgan fingerprint density at radius 1 is 1.17 bits per heavy atom. The zero-order chi connectivity index (χ0) is 16.8. The van der Waals surface area contributed by atoms with Crippen LogP contribution in [0, 0.1) is 0 Å². The van der Waals surface area contributed by atoms with Crippen molar-refractivity contribution >= 4 is 5.91 Å². The van der Waals surface area contributed by atoms with Crippen LogP contribution in [0.15, 0.2) is 30.7 Å². The summed E-state index contributed by atoms with van der Waals surface area (Å²) in [5.74, 6) is -0.00390. The van der Waals surface area contributed by atoms with Crippen LogP contribution in [0.3, 0.4) is 0 Å². The summed E-state index contributed by atoms with van der Waals surface area (Å²) in [6.45, 7) is 4.09. The maximum absolute atomic E-state index is 11.2. The third-order valence-electron chi connectivity index (χ3n) is 4.00. The van der Waals surface area contributed by atoms with Gasteiger partial charge in [-0.15, -0.1) is 0 Å². The molecule has 2 aromatic rings. The molecule has 0 spiro atoms. The van der Waals surface area contributed by atoms with Gasteiger partial charge in [0.15, 0.2) is 0 Å². The average Bonchev–Trinajstić information content (AvgIpc) is 3.13. The number of pyridine rings is 1. The van der Waals surface area contributed by atoms with Crippen LogP contribution in [0.25, 0.3) is 11.4 Å². The lowest BCUT2D eigenvalue weighted by Gasteiger charge is -2.14. The second-order valence-electron chi connectivity index (χ2n) is 5.78. The number of aromatic nitrogens is 3. The molecular weight excluding hydrogens is 306 g/mol. The molecule has 0 aliphatic carbocycles. The molecule has 0 atom stereocenters. The van der Waals surface area contributed by atoms with Gasteiger partial charge in [0.05, 0.1) is 24.7 Å². The highest BCUT2D eigenvalue weighted by atomic mass is 16.5. The van der Waals surface area contributed by atoms with Gasteiger partial charge in [0.25, 0.3) is 0 Å². The van der Waals surface area contributed by atoms with Gasteiger partial charge in [-0.2, -0.15) is 0 Å². The van der Waals surface area contributed by atoms with Crippen LogP contribution in [0.5, 0.6) is 5.88 Å². The second kappa shape index (κ2) is 7.83. The smallest absolute Gasteiger partial charge is 0.248 e. The average molecular weight is 327 g/mol. The first kappa shape index (κ1) is 16.3. The van der Waals surface area contributed by atoms with Crippen molar-refractivity contribution in [3.8, 4) is 17.3 Å². The van der Waals surface area contributed by atoms with Gasteiger partial charge in [-0.3, -0.25) is 9.78 Å². The first-order valence-electron chi connectivity index (χ1n) is 8.16. The number of ether oxygens (including phenoxy) is 1. The fourth-order valence-corrected chi connectivity index (χ4v) is 2.72. The van der Waals surface area contributed by atoms with Crippen molar-refractivity contribution in [3.63, 3.8) is 0 Å². The van der Waals surface area contributed by atoms with Crippen LogP contribution in [0.1, 0.15) is 29.6 Å². The predicted octanol–water partition coefficient (Wildman–Crippen LogP) is 1.50. The maximum atomic E-state index is 11.2. The van der Waals surface area contributed by atoms with E-state index in [1.54, 1.807) is 24.5 Å². The Kier molecular flexibility index (Phi) is 5.32.